The van der Waals surface area contributed by atoms with Crippen LogP contribution in [-0.4, -0.2) is 12.6 Å². The lowest BCUT2D eigenvalue weighted by Gasteiger charge is -2.56. The molecule has 0 unspecified atom stereocenters. The van der Waals surface area contributed by atoms with E-state index in [1.807, 2.05) is 12.1 Å². The number of unbranched alkanes of at least 4 members (excludes halogenated alkanes) is 5. The van der Waals surface area contributed by atoms with Crippen molar-refractivity contribution in [2.24, 2.45) is 23.2 Å². The summed E-state index contributed by atoms with van der Waals surface area (Å²) in [5.74, 6) is 2.98. The first kappa shape index (κ1) is 28.4. The van der Waals surface area contributed by atoms with Gasteiger partial charge in [0.2, 0.25) is 0 Å². The first-order valence-corrected chi connectivity index (χ1v) is 17.6. The van der Waals surface area contributed by atoms with Gasteiger partial charge in [-0.05, 0) is 122 Å². The Morgan fingerprint density at radius 3 is 1.71 bits per heavy atom. The van der Waals surface area contributed by atoms with E-state index in [9.17, 15) is 4.79 Å². The van der Waals surface area contributed by atoms with E-state index >= 15 is 0 Å². The molecule has 0 saturated heterocycles. The van der Waals surface area contributed by atoms with E-state index in [1.165, 1.54) is 51.4 Å². The molecule has 0 amide bonds. The fourth-order valence-corrected chi connectivity index (χ4v) is 11.2. The maximum absolute atomic E-state index is 14.5. The average Bonchev–Trinajstić information content (AvgIpc) is 3.00. The van der Waals surface area contributed by atoms with Crippen LogP contribution in [0, 0.1) is 23.2 Å². The van der Waals surface area contributed by atoms with E-state index in [4.69, 9.17) is 8.92 Å². The Bertz CT molecular complexity index is 1200. The highest BCUT2D eigenvalue weighted by molar-refractivity contribution is 8.30. The van der Waals surface area contributed by atoms with Crippen LogP contribution in [0.25, 0.3) is 0 Å². The quantitative estimate of drug-likeness (QED) is 0.192. The molecule has 4 heteroatoms. The molecule has 3 aromatic carbocycles. The van der Waals surface area contributed by atoms with Crippen molar-refractivity contribution in [2.45, 2.75) is 98.7 Å². The summed E-state index contributed by atoms with van der Waals surface area (Å²) in [5, 5.41) is 0. The van der Waals surface area contributed by atoms with Gasteiger partial charge in [-0.25, -0.2) is 0 Å². The predicted molar refractivity (Wildman–Crippen MR) is 167 cm³/mol. The number of hydrogen-bond donors (Lipinski definition) is 0. The van der Waals surface area contributed by atoms with Gasteiger partial charge in [0.15, 0.2) is 0 Å². The van der Waals surface area contributed by atoms with Crippen LogP contribution in [0.5, 0.6) is 5.75 Å². The normalized spacial score (nSPS) is 25.1. The Balaban J connectivity index is 1.30. The molecular weight excluding hydrogens is 524 g/mol. The molecule has 7 rings (SSSR count). The van der Waals surface area contributed by atoms with Gasteiger partial charge in [-0.1, -0.05) is 75.4 Å². The zero-order valence-electron chi connectivity index (χ0n) is 24.6. The Kier molecular flexibility index (Phi) is 8.76. The number of benzene rings is 3. The molecule has 0 aromatic heterocycles. The molecule has 4 fully saturated rings. The smallest absolute Gasteiger partial charge is 0.323 e. The third-order valence-electron chi connectivity index (χ3n) is 9.74. The van der Waals surface area contributed by atoms with Crippen molar-refractivity contribution in [2.75, 3.05) is 6.61 Å². The van der Waals surface area contributed by atoms with Gasteiger partial charge in [0.25, 0.3) is 0 Å². The van der Waals surface area contributed by atoms with Crippen molar-refractivity contribution >= 4 is 16.3 Å². The van der Waals surface area contributed by atoms with Gasteiger partial charge in [-0.2, -0.15) is 0 Å². The zero-order chi connectivity index (χ0) is 28.1. The van der Waals surface area contributed by atoms with Crippen LogP contribution >= 0.6 is 10.3 Å². The van der Waals surface area contributed by atoms with Gasteiger partial charge < -0.3 is 8.92 Å². The molecule has 3 nitrogen and oxygen atoms in total. The molecule has 218 valence electrons. The van der Waals surface area contributed by atoms with E-state index in [1.54, 1.807) is 0 Å². The Hall–Kier alpha value is -2.72. The predicted octanol–water partition coefficient (Wildman–Crippen LogP) is 10.4. The fraction of sp³-hybridized carbons (Fsp3) is 0.486. The molecule has 0 spiro atoms. The first-order valence-electron chi connectivity index (χ1n) is 16.0. The third-order valence-corrected chi connectivity index (χ3v) is 13.0. The van der Waals surface area contributed by atoms with E-state index in [0.29, 0.717) is 17.8 Å². The van der Waals surface area contributed by atoms with Crippen LogP contribution in [0.4, 0.5) is 0 Å². The van der Waals surface area contributed by atoms with Crippen molar-refractivity contribution in [1.29, 1.82) is 0 Å². The summed E-state index contributed by atoms with van der Waals surface area (Å²) in [7, 11) is -2.29. The minimum absolute atomic E-state index is 0.0303. The summed E-state index contributed by atoms with van der Waals surface area (Å²) in [6, 6.07) is 29.3. The molecule has 3 aromatic rings. The first-order chi connectivity index (χ1) is 20.1. The highest BCUT2D eigenvalue weighted by atomic mass is 32.3. The van der Waals surface area contributed by atoms with Crippen LogP contribution in [0.15, 0.2) is 99.6 Å². The number of ether oxygens (including phenoxy) is 1. The summed E-state index contributed by atoms with van der Waals surface area (Å²) in [6.45, 7) is 2.99. The third kappa shape index (κ3) is 5.95. The minimum atomic E-state index is -2.29. The topological polar surface area (TPSA) is 35.5 Å². The van der Waals surface area contributed by atoms with Gasteiger partial charge >= 0.3 is 5.97 Å². The van der Waals surface area contributed by atoms with Gasteiger partial charge in [-0.3, -0.25) is 4.79 Å². The summed E-state index contributed by atoms with van der Waals surface area (Å²) < 4.78 is 13.2. The Morgan fingerprint density at radius 1 is 0.683 bits per heavy atom. The van der Waals surface area contributed by atoms with Crippen LogP contribution in [0.3, 0.4) is 0 Å². The second-order valence-electron chi connectivity index (χ2n) is 12.8. The molecule has 4 saturated carbocycles. The second-order valence-corrected chi connectivity index (χ2v) is 15.5. The van der Waals surface area contributed by atoms with Crippen molar-refractivity contribution < 1.29 is 13.7 Å². The molecule has 0 N–H and O–H groups in total. The Morgan fingerprint density at radius 2 is 1.17 bits per heavy atom. The summed E-state index contributed by atoms with van der Waals surface area (Å²) in [4.78, 5) is 17.7. The average molecular weight is 571 g/mol. The monoisotopic (exact) mass is 570 g/mol. The van der Waals surface area contributed by atoms with Crippen LogP contribution < -0.4 is 4.74 Å². The molecule has 0 atom stereocenters. The fourth-order valence-electron chi connectivity index (χ4n) is 8.14. The van der Waals surface area contributed by atoms with Crippen LogP contribution in [0.1, 0.15) is 84.0 Å². The molecule has 0 radical (unpaired) electrons. The maximum Gasteiger partial charge on any atom is 0.323 e. The lowest BCUT2D eigenvalue weighted by atomic mass is 9.49. The van der Waals surface area contributed by atoms with Crippen LogP contribution in [0.2, 0.25) is 0 Å². The minimum Gasteiger partial charge on any atom is -0.494 e. The van der Waals surface area contributed by atoms with E-state index in [0.717, 1.165) is 52.7 Å². The summed E-state index contributed by atoms with van der Waals surface area (Å²) in [5.41, 5.74) is -0.323. The molecule has 0 heterocycles. The van der Waals surface area contributed by atoms with Gasteiger partial charge in [0.1, 0.15) is 5.75 Å². The summed E-state index contributed by atoms with van der Waals surface area (Å²) in [6.07, 6.45) is 14.4. The standard InChI is InChI=1S/C37H46O3S/c1-2-3-4-5-6-13-22-39-32-18-20-35(21-19-32)41(33-14-9-7-10-15-33,34-16-11-8-12-17-34)40-36(38)37-26-29-23-30(27-37)25-31(24-29)28-37/h7-12,14-21,29-31H,2-6,13,22-28H2,1H3. The highest BCUT2D eigenvalue weighted by Crippen LogP contribution is 2.71. The van der Waals surface area contributed by atoms with Crippen molar-refractivity contribution in [3.8, 4) is 5.75 Å². The largest absolute Gasteiger partial charge is 0.494 e. The van der Waals surface area contributed by atoms with Crippen molar-refractivity contribution in [3.63, 3.8) is 0 Å². The highest BCUT2D eigenvalue weighted by Gasteiger charge is 2.57. The lowest BCUT2D eigenvalue weighted by Crippen LogP contribution is -2.50. The number of carbonyl (C=O) groups is 1. The van der Waals surface area contributed by atoms with E-state index in [-0.39, 0.29) is 11.4 Å². The zero-order valence-corrected chi connectivity index (χ0v) is 25.5. The molecular formula is C37H46O3S. The summed E-state index contributed by atoms with van der Waals surface area (Å²) >= 11 is 0. The lowest BCUT2D eigenvalue weighted by molar-refractivity contribution is -0.160. The second kappa shape index (κ2) is 12.7. The maximum atomic E-state index is 14.5. The number of hydrogen-bond acceptors (Lipinski definition) is 3. The number of rotatable bonds is 13. The van der Waals surface area contributed by atoms with Crippen LogP contribution in [-0.2, 0) is 8.98 Å². The number of carbonyl (C=O) groups excluding carboxylic acids is 1. The van der Waals surface area contributed by atoms with E-state index < -0.39 is 10.3 Å². The van der Waals surface area contributed by atoms with Gasteiger partial charge in [0.05, 0.1) is 12.0 Å². The molecule has 0 aliphatic heterocycles. The molecule has 4 aliphatic carbocycles. The SMILES string of the molecule is CCCCCCCCOc1ccc(S(OC(=O)C23CC4CC(CC(C4)C2)C3)(c2ccccc2)c2ccccc2)cc1. The molecule has 4 bridgehead atoms. The van der Waals surface area contributed by atoms with Crippen molar-refractivity contribution in [1.82, 2.24) is 0 Å². The van der Waals surface area contributed by atoms with E-state index in [2.05, 4.69) is 79.7 Å². The Labute approximate surface area is 248 Å². The molecule has 4 aliphatic rings. The van der Waals surface area contributed by atoms with Gasteiger partial charge in [0, 0.05) is 14.7 Å². The molecule has 41 heavy (non-hydrogen) atoms. The van der Waals surface area contributed by atoms with Crippen molar-refractivity contribution in [3.05, 3.63) is 84.9 Å². The van der Waals surface area contributed by atoms with Gasteiger partial charge in [-0.15, -0.1) is 0 Å².